The van der Waals surface area contributed by atoms with Gasteiger partial charge in [-0.15, -0.1) is 0 Å². The summed E-state index contributed by atoms with van der Waals surface area (Å²) in [6.07, 6.45) is 48.1. The molecule has 3 atom stereocenters. The maximum absolute atomic E-state index is 12.6. The Morgan fingerprint density at radius 2 is 0.815 bits per heavy atom. The van der Waals surface area contributed by atoms with E-state index in [4.69, 9.17) is 0 Å². The summed E-state index contributed by atoms with van der Waals surface area (Å²) in [7, 11) is -4.44. The first kappa shape index (κ1) is 52.8. The number of aliphatic hydroxyl groups excluding tert-OH is 2. The Labute approximate surface area is 335 Å². The van der Waals surface area contributed by atoms with E-state index in [9.17, 15) is 28.0 Å². The summed E-state index contributed by atoms with van der Waals surface area (Å²) >= 11 is 0. The zero-order valence-corrected chi connectivity index (χ0v) is 36.3. The van der Waals surface area contributed by atoms with E-state index in [2.05, 4.69) is 31.3 Å². The van der Waals surface area contributed by atoms with E-state index in [-0.39, 0.29) is 6.42 Å². The van der Waals surface area contributed by atoms with Crippen LogP contribution < -0.4 is 5.32 Å². The number of amides is 1. The van der Waals surface area contributed by atoms with Gasteiger partial charge in [0.2, 0.25) is 5.91 Å². The Kier molecular flexibility index (Phi) is 39.1. The van der Waals surface area contributed by atoms with Crippen molar-refractivity contribution in [1.82, 2.24) is 5.32 Å². The fourth-order valence-corrected chi connectivity index (χ4v) is 7.89. The molecule has 1 amide bonds. The van der Waals surface area contributed by atoms with E-state index in [0.717, 1.165) is 44.9 Å². The molecule has 0 saturated carbocycles. The van der Waals surface area contributed by atoms with Crippen LogP contribution in [-0.4, -0.2) is 53.1 Å². The summed E-state index contributed by atoms with van der Waals surface area (Å²) in [5.41, 5.74) is 0. The third kappa shape index (κ3) is 39.0. The molecule has 4 N–H and O–H groups in total. The van der Waals surface area contributed by atoms with Gasteiger partial charge >= 0.3 is 0 Å². The first-order valence-corrected chi connectivity index (χ1v) is 24.8. The molecule has 54 heavy (non-hydrogen) atoms. The average molecular weight is 784 g/mol. The second-order valence-corrected chi connectivity index (χ2v) is 17.7. The third-order valence-corrected chi connectivity index (χ3v) is 11.5. The Balaban J connectivity index is 3.95. The number of carbonyl (C=O) groups is 1. The molecule has 0 aromatic rings. The van der Waals surface area contributed by atoms with Crippen molar-refractivity contribution in [2.45, 2.75) is 257 Å². The van der Waals surface area contributed by atoms with Crippen LogP contribution in [0, 0.1) is 0 Å². The van der Waals surface area contributed by atoms with Crippen molar-refractivity contribution < 1.29 is 28.0 Å². The molecule has 8 heteroatoms. The molecule has 0 aliphatic carbocycles. The normalized spacial score (nSPS) is 13.9. The second kappa shape index (κ2) is 40.0. The highest BCUT2D eigenvalue weighted by Crippen LogP contribution is 2.16. The monoisotopic (exact) mass is 784 g/mol. The molecule has 0 bridgehead atoms. The van der Waals surface area contributed by atoms with Crippen molar-refractivity contribution in [2.75, 3.05) is 5.75 Å². The number of hydrogen-bond donors (Lipinski definition) is 4. The van der Waals surface area contributed by atoms with Crippen molar-refractivity contribution in [1.29, 1.82) is 0 Å². The van der Waals surface area contributed by atoms with E-state index >= 15 is 0 Å². The third-order valence-electron chi connectivity index (χ3n) is 10.7. The van der Waals surface area contributed by atoms with E-state index in [1.807, 2.05) is 6.08 Å². The Morgan fingerprint density at radius 3 is 1.17 bits per heavy atom. The van der Waals surface area contributed by atoms with Crippen LogP contribution in [-0.2, 0) is 14.9 Å². The van der Waals surface area contributed by atoms with Crippen LogP contribution in [0.3, 0.4) is 0 Å². The predicted molar refractivity (Wildman–Crippen MR) is 232 cm³/mol. The maximum Gasteiger partial charge on any atom is 0.267 e. The first-order chi connectivity index (χ1) is 26.2. The van der Waals surface area contributed by atoms with Gasteiger partial charge in [-0.25, -0.2) is 0 Å². The van der Waals surface area contributed by atoms with Crippen LogP contribution in [0.1, 0.15) is 239 Å². The Bertz CT molecular complexity index is 968. The number of hydrogen-bond acceptors (Lipinski definition) is 5. The molecule has 0 fully saturated rings. The maximum atomic E-state index is 12.6. The van der Waals surface area contributed by atoms with Gasteiger partial charge in [0.25, 0.3) is 10.1 Å². The minimum atomic E-state index is -4.44. The van der Waals surface area contributed by atoms with Gasteiger partial charge in [-0.3, -0.25) is 9.35 Å². The molecule has 0 radical (unpaired) electrons. The van der Waals surface area contributed by atoms with Gasteiger partial charge in [0.1, 0.15) is 6.10 Å². The number of allylic oxidation sites excluding steroid dienone is 3. The van der Waals surface area contributed by atoms with Crippen LogP contribution in [0.25, 0.3) is 0 Å². The fraction of sp³-hybridized carbons (Fsp3) is 0.891. The number of rotatable bonds is 42. The Morgan fingerprint density at radius 1 is 0.500 bits per heavy atom. The number of aliphatic hydroxyl groups is 2. The molecule has 0 rings (SSSR count). The summed E-state index contributed by atoms with van der Waals surface area (Å²) in [6.45, 7) is 4.52. The largest absolute Gasteiger partial charge is 0.387 e. The Hall–Kier alpha value is -1.22. The van der Waals surface area contributed by atoms with Gasteiger partial charge in [0, 0.05) is 0 Å². The van der Waals surface area contributed by atoms with E-state index in [1.165, 1.54) is 173 Å². The van der Waals surface area contributed by atoms with Gasteiger partial charge in [-0.1, -0.05) is 218 Å². The van der Waals surface area contributed by atoms with Gasteiger partial charge in [0.05, 0.1) is 17.9 Å². The zero-order valence-electron chi connectivity index (χ0n) is 35.5. The minimum Gasteiger partial charge on any atom is -0.387 e. The van der Waals surface area contributed by atoms with Crippen molar-refractivity contribution in [3.05, 3.63) is 24.3 Å². The lowest BCUT2D eigenvalue weighted by Gasteiger charge is -2.22. The summed E-state index contributed by atoms with van der Waals surface area (Å²) < 4.78 is 32.6. The minimum absolute atomic E-state index is 0.275. The molecule has 0 saturated heterocycles. The van der Waals surface area contributed by atoms with E-state index in [0.29, 0.717) is 6.42 Å². The van der Waals surface area contributed by atoms with Crippen LogP contribution in [0.5, 0.6) is 0 Å². The van der Waals surface area contributed by atoms with Crippen LogP contribution in [0.2, 0.25) is 0 Å². The highest BCUT2D eigenvalue weighted by molar-refractivity contribution is 7.85. The highest BCUT2D eigenvalue weighted by Gasteiger charge is 2.27. The standard InChI is InChI=1S/C46H89NO6S/c1-3-5-7-9-11-13-15-17-19-21-22-23-24-25-27-28-30-32-34-36-38-40-44(48)43(42-54(51,52)53)47-46(50)45(49)41-39-37-35-33-31-29-26-20-18-16-14-12-10-8-6-4-2/h18,20,38,40,43-45,48-49H,3-17,19,21-37,39,41-42H2,1-2H3,(H,47,50)(H,51,52,53)/b20-18-,40-38+. The van der Waals surface area contributed by atoms with Gasteiger partial charge in [0.15, 0.2) is 0 Å². The van der Waals surface area contributed by atoms with Gasteiger partial charge in [-0.2, -0.15) is 8.42 Å². The summed E-state index contributed by atoms with van der Waals surface area (Å²) in [4.78, 5) is 12.6. The average Bonchev–Trinajstić information content (AvgIpc) is 3.14. The van der Waals surface area contributed by atoms with Crippen molar-refractivity contribution in [3.8, 4) is 0 Å². The molecule has 3 unspecified atom stereocenters. The number of nitrogens with one attached hydrogen (secondary N) is 1. The SMILES string of the molecule is CCCCCCCC/C=C\CCCCCCCCC(O)C(=O)NC(CS(=O)(=O)O)C(O)/C=C/CCCCCCCCCCCCCCCCCCCCC. The second-order valence-electron chi connectivity index (χ2n) is 16.2. The van der Waals surface area contributed by atoms with Crippen molar-refractivity contribution in [3.63, 3.8) is 0 Å². The summed E-state index contributed by atoms with van der Waals surface area (Å²) in [5.74, 6) is -1.53. The smallest absolute Gasteiger partial charge is 0.267 e. The molecule has 0 heterocycles. The number of unbranched alkanes of at least 4 members (excludes halogenated alkanes) is 31. The molecule has 0 spiro atoms. The summed E-state index contributed by atoms with van der Waals surface area (Å²) in [5, 5.41) is 23.5. The molecule has 0 aromatic carbocycles. The zero-order chi connectivity index (χ0) is 39.8. The lowest BCUT2D eigenvalue weighted by atomic mass is 10.0. The quantitative estimate of drug-likeness (QED) is 0.0278. The van der Waals surface area contributed by atoms with Gasteiger partial charge in [-0.05, 0) is 44.9 Å². The van der Waals surface area contributed by atoms with Crippen LogP contribution in [0.4, 0.5) is 0 Å². The highest BCUT2D eigenvalue weighted by atomic mass is 32.2. The molecule has 0 aliphatic rings. The lowest BCUT2D eigenvalue weighted by Crippen LogP contribution is -2.50. The van der Waals surface area contributed by atoms with Crippen LogP contribution >= 0.6 is 0 Å². The molecular formula is C46H89NO6S. The van der Waals surface area contributed by atoms with Crippen molar-refractivity contribution >= 4 is 16.0 Å². The first-order valence-electron chi connectivity index (χ1n) is 23.1. The molecule has 0 aliphatic heterocycles. The molecular weight excluding hydrogens is 695 g/mol. The number of carbonyl (C=O) groups excluding carboxylic acids is 1. The van der Waals surface area contributed by atoms with Gasteiger partial charge < -0.3 is 15.5 Å². The molecule has 0 aromatic heterocycles. The van der Waals surface area contributed by atoms with Crippen molar-refractivity contribution in [2.24, 2.45) is 0 Å². The topological polar surface area (TPSA) is 124 Å². The lowest BCUT2D eigenvalue weighted by molar-refractivity contribution is -0.130. The molecule has 7 nitrogen and oxygen atoms in total. The van der Waals surface area contributed by atoms with E-state index in [1.54, 1.807) is 0 Å². The van der Waals surface area contributed by atoms with E-state index < -0.39 is 40.0 Å². The summed E-state index contributed by atoms with van der Waals surface area (Å²) in [6, 6.07) is -1.23. The fourth-order valence-electron chi connectivity index (χ4n) is 7.16. The van der Waals surface area contributed by atoms with Crippen LogP contribution in [0.15, 0.2) is 24.3 Å². The predicted octanol–water partition coefficient (Wildman–Crippen LogP) is 12.9. The molecule has 320 valence electrons.